The maximum atomic E-state index is 13.7. The van der Waals surface area contributed by atoms with E-state index in [0.717, 1.165) is 12.1 Å². The van der Waals surface area contributed by atoms with Crippen LogP contribution in [0.4, 0.5) is 17.6 Å². The Balaban J connectivity index is 1.46. The summed E-state index contributed by atoms with van der Waals surface area (Å²) in [7, 11) is -6.58. The fourth-order valence-electron chi connectivity index (χ4n) is 3.36. The smallest absolute Gasteiger partial charge is 0.406 e. The first kappa shape index (κ1) is 24.9. The third-order valence-electron chi connectivity index (χ3n) is 5.12. The third-order valence-corrected chi connectivity index (χ3v) is 7.15. The van der Waals surface area contributed by atoms with Gasteiger partial charge in [0.05, 0.1) is 0 Å². The van der Waals surface area contributed by atoms with E-state index < -0.39 is 37.3 Å². The van der Waals surface area contributed by atoms with Crippen molar-refractivity contribution in [2.24, 2.45) is 0 Å². The number of carbonyl (C=O) groups is 2. The molecular weight excluding hydrogens is 512 g/mol. The summed E-state index contributed by atoms with van der Waals surface area (Å²) in [5.74, 6) is -0.425. The van der Waals surface area contributed by atoms with Crippen LogP contribution < -0.4 is 4.74 Å². The quantitative estimate of drug-likeness (QED) is 0.193. The second kappa shape index (κ2) is 8.77. The van der Waals surface area contributed by atoms with Crippen molar-refractivity contribution < 1.29 is 44.9 Å². The molecule has 1 aliphatic carbocycles. The lowest BCUT2D eigenvalue weighted by Gasteiger charge is -2.27. The highest BCUT2D eigenvalue weighted by Crippen LogP contribution is 2.49. The number of ether oxygens (including phenoxy) is 1. The van der Waals surface area contributed by atoms with Crippen molar-refractivity contribution in [1.29, 1.82) is 0 Å². The van der Waals surface area contributed by atoms with Gasteiger partial charge in [0.2, 0.25) is 0 Å². The molecule has 0 heterocycles. The number of ketones is 2. The first-order valence-corrected chi connectivity index (χ1v) is 12.0. The Kier molecular flexibility index (Phi) is 6.24. The number of rotatable bonds is 7. The van der Waals surface area contributed by atoms with Crippen LogP contribution >= 0.6 is 11.8 Å². The number of halogens is 4. The van der Waals surface area contributed by atoms with Crippen molar-refractivity contribution in [3.8, 4) is 5.75 Å². The van der Waals surface area contributed by atoms with Gasteiger partial charge >= 0.3 is 10.5 Å². The number of alkyl halides is 4. The van der Waals surface area contributed by atoms with Crippen LogP contribution in [0.2, 0.25) is 0 Å². The Morgan fingerprint density at radius 1 is 0.800 bits per heavy atom. The van der Waals surface area contributed by atoms with Gasteiger partial charge in [0, 0.05) is 27.1 Å². The summed E-state index contributed by atoms with van der Waals surface area (Å²) in [4.78, 5) is 25.0. The molecular formula is C23H13F4O6S2-. The summed E-state index contributed by atoms with van der Waals surface area (Å²) < 4.78 is 91.0. The van der Waals surface area contributed by atoms with Crippen molar-refractivity contribution in [3.05, 3.63) is 94.5 Å². The maximum absolute atomic E-state index is 13.7. The second-order valence-electron chi connectivity index (χ2n) is 7.43. The van der Waals surface area contributed by atoms with Gasteiger partial charge in [0.15, 0.2) is 21.7 Å². The SMILES string of the molecule is O=C1c2ccccc2C(=O)c2cc(COc3ccc(SC(F)(F)C(F)(F)S(=O)(=O)[O-])cc3)ccc21. The highest BCUT2D eigenvalue weighted by molar-refractivity contribution is 8.01. The van der Waals surface area contributed by atoms with Crippen LogP contribution in [0.3, 0.4) is 0 Å². The summed E-state index contributed by atoms with van der Waals surface area (Å²) in [5, 5.41) is -11.0. The van der Waals surface area contributed by atoms with Crippen molar-refractivity contribution >= 4 is 33.4 Å². The van der Waals surface area contributed by atoms with Crippen molar-refractivity contribution in [3.63, 3.8) is 0 Å². The van der Waals surface area contributed by atoms with E-state index in [9.17, 15) is 40.1 Å². The van der Waals surface area contributed by atoms with Crippen molar-refractivity contribution in [2.75, 3.05) is 0 Å². The minimum Gasteiger partial charge on any atom is -0.743 e. The van der Waals surface area contributed by atoms with E-state index in [1.165, 1.54) is 24.3 Å². The average Bonchev–Trinajstić information content (AvgIpc) is 2.81. The number of fused-ring (bicyclic) bond motifs is 2. The van der Waals surface area contributed by atoms with Crippen LogP contribution in [-0.4, -0.2) is 35.0 Å². The molecule has 182 valence electrons. The van der Waals surface area contributed by atoms with Crippen LogP contribution in [0, 0.1) is 0 Å². The van der Waals surface area contributed by atoms with E-state index in [1.54, 1.807) is 30.3 Å². The number of carbonyl (C=O) groups excluding carboxylic acids is 2. The Hall–Kier alpha value is -3.22. The molecule has 0 bridgehead atoms. The molecule has 0 N–H and O–H groups in total. The largest absolute Gasteiger partial charge is 0.743 e. The lowest BCUT2D eigenvalue weighted by Crippen LogP contribution is -2.44. The molecule has 0 spiro atoms. The summed E-state index contributed by atoms with van der Waals surface area (Å²) >= 11 is -0.774. The number of hydrogen-bond donors (Lipinski definition) is 0. The molecule has 0 unspecified atom stereocenters. The Bertz CT molecular complexity index is 1440. The van der Waals surface area contributed by atoms with E-state index in [-0.39, 0.29) is 35.0 Å². The minimum absolute atomic E-state index is 0.0639. The second-order valence-corrected chi connectivity index (χ2v) is 10.0. The zero-order valence-electron chi connectivity index (χ0n) is 17.3. The lowest BCUT2D eigenvalue weighted by atomic mass is 9.83. The van der Waals surface area contributed by atoms with Crippen molar-refractivity contribution in [2.45, 2.75) is 22.0 Å². The number of thioether (sulfide) groups is 1. The predicted octanol–water partition coefficient (Wildman–Crippen LogP) is 4.86. The van der Waals surface area contributed by atoms with E-state index in [4.69, 9.17) is 4.74 Å². The molecule has 0 radical (unpaired) electrons. The van der Waals surface area contributed by atoms with Crippen LogP contribution in [0.25, 0.3) is 0 Å². The molecule has 0 saturated heterocycles. The molecule has 0 saturated carbocycles. The van der Waals surface area contributed by atoms with E-state index >= 15 is 0 Å². The lowest BCUT2D eigenvalue weighted by molar-refractivity contribution is -0.0950. The van der Waals surface area contributed by atoms with Gasteiger partial charge in [0.25, 0.3) is 0 Å². The molecule has 12 heteroatoms. The fourth-order valence-corrected chi connectivity index (χ4v) is 4.77. The van der Waals surface area contributed by atoms with Gasteiger partial charge < -0.3 is 9.29 Å². The highest BCUT2D eigenvalue weighted by atomic mass is 32.2. The van der Waals surface area contributed by atoms with Gasteiger partial charge in [-0.15, -0.1) is 0 Å². The van der Waals surface area contributed by atoms with Gasteiger partial charge in [-0.25, -0.2) is 8.42 Å². The molecule has 6 nitrogen and oxygen atoms in total. The first-order chi connectivity index (χ1) is 16.3. The summed E-state index contributed by atoms with van der Waals surface area (Å²) in [5.41, 5.74) is 1.63. The minimum atomic E-state index is -6.58. The number of benzene rings is 3. The van der Waals surface area contributed by atoms with Gasteiger partial charge in [-0.3, -0.25) is 9.59 Å². The van der Waals surface area contributed by atoms with Gasteiger partial charge in [-0.05, 0) is 53.7 Å². The molecule has 0 atom stereocenters. The van der Waals surface area contributed by atoms with Gasteiger partial charge in [0.1, 0.15) is 12.4 Å². The summed E-state index contributed by atoms with van der Waals surface area (Å²) in [6.07, 6.45) is 0. The topological polar surface area (TPSA) is 101 Å². The molecule has 3 aromatic carbocycles. The Morgan fingerprint density at radius 3 is 1.91 bits per heavy atom. The standard InChI is InChI=1S/C23H14F4O6S2/c24-22(25,23(26,27)35(30,31)32)34-15-8-6-14(7-9-15)33-12-13-5-10-18-19(11-13)21(29)17-4-2-1-3-16(17)20(18)28/h1-11H,12H2,(H,30,31,32)/p-1. The Labute approximate surface area is 200 Å². The van der Waals surface area contributed by atoms with E-state index in [1.807, 2.05) is 0 Å². The zero-order chi connectivity index (χ0) is 25.6. The molecule has 0 fully saturated rings. The van der Waals surface area contributed by atoms with E-state index in [2.05, 4.69) is 0 Å². The molecule has 3 aromatic rings. The highest BCUT2D eigenvalue weighted by Gasteiger charge is 2.62. The monoisotopic (exact) mass is 525 g/mol. The predicted molar refractivity (Wildman–Crippen MR) is 116 cm³/mol. The number of hydrogen-bond acceptors (Lipinski definition) is 7. The fraction of sp³-hybridized carbons (Fsp3) is 0.130. The van der Waals surface area contributed by atoms with Crippen LogP contribution in [0.5, 0.6) is 5.75 Å². The molecule has 1 aliphatic rings. The van der Waals surface area contributed by atoms with Crippen LogP contribution in [0.1, 0.15) is 37.4 Å². The van der Waals surface area contributed by atoms with Crippen LogP contribution in [-0.2, 0) is 16.7 Å². The van der Waals surface area contributed by atoms with Gasteiger partial charge in [-0.1, -0.05) is 30.3 Å². The van der Waals surface area contributed by atoms with E-state index in [0.29, 0.717) is 16.7 Å². The maximum Gasteiger partial charge on any atom is 0.406 e. The normalized spacial score (nSPS) is 13.9. The molecule has 0 aliphatic heterocycles. The molecule has 0 amide bonds. The van der Waals surface area contributed by atoms with Gasteiger partial charge in [-0.2, -0.15) is 17.6 Å². The van der Waals surface area contributed by atoms with Crippen molar-refractivity contribution in [1.82, 2.24) is 0 Å². The van der Waals surface area contributed by atoms with Crippen LogP contribution in [0.15, 0.2) is 71.6 Å². The summed E-state index contributed by atoms with van der Waals surface area (Å²) in [6.45, 7) is -0.0639. The molecule has 4 rings (SSSR count). The molecule has 0 aromatic heterocycles. The third kappa shape index (κ3) is 4.56. The summed E-state index contributed by atoms with van der Waals surface area (Å²) in [6, 6.07) is 15.4. The zero-order valence-corrected chi connectivity index (χ0v) is 19.0. The Morgan fingerprint density at radius 2 is 1.34 bits per heavy atom. The molecule has 35 heavy (non-hydrogen) atoms. The first-order valence-electron chi connectivity index (χ1n) is 9.76. The average molecular weight is 525 g/mol.